The summed E-state index contributed by atoms with van der Waals surface area (Å²) in [7, 11) is 0. The molecular weight excluding hydrogens is 1300 g/mol. The molecule has 0 bridgehead atoms. The molecule has 1 rings (SSSR count). The summed E-state index contributed by atoms with van der Waals surface area (Å²) in [4.78, 5) is 220. The number of thiol groups is 1. The van der Waals surface area contributed by atoms with Gasteiger partial charge in [-0.1, -0.05) is 32.4 Å². The van der Waals surface area contributed by atoms with Gasteiger partial charge in [0.05, 0.1) is 38.0 Å². The van der Waals surface area contributed by atoms with Crippen molar-refractivity contribution < 1.29 is 127 Å². The molecule has 1 aromatic carbocycles. The van der Waals surface area contributed by atoms with E-state index in [9.17, 15) is 122 Å². The van der Waals surface area contributed by atoms with E-state index in [-0.39, 0.29) is 44.4 Å². The van der Waals surface area contributed by atoms with Gasteiger partial charge < -0.3 is 116 Å². The van der Waals surface area contributed by atoms with Crippen LogP contribution in [-0.4, -0.2) is 244 Å². The number of carboxylic acid groups (broad SMARTS) is 6. The van der Waals surface area contributed by atoms with Gasteiger partial charge in [0.2, 0.25) is 65.0 Å². The van der Waals surface area contributed by atoms with Gasteiger partial charge in [0.1, 0.15) is 72.2 Å². The van der Waals surface area contributed by atoms with Crippen molar-refractivity contribution in [1.29, 1.82) is 0 Å². The lowest BCUT2D eigenvalue weighted by molar-refractivity contribution is -0.144. The molecular formula is C56H85N13O26S. The van der Waals surface area contributed by atoms with Crippen molar-refractivity contribution >= 4 is 113 Å². The molecule has 40 heteroatoms. The fraction of sp³-hybridized carbons (Fsp3) is 0.589. The smallest absolute Gasteiger partial charge is 0.326 e. The third-order valence-electron chi connectivity index (χ3n) is 14.1. The summed E-state index contributed by atoms with van der Waals surface area (Å²) < 4.78 is 0. The number of benzene rings is 1. The minimum atomic E-state index is -2.16. The van der Waals surface area contributed by atoms with E-state index < -0.39 is 243 Å². The van der Waals surface area contributed by atoms with Gasteiger partial charge in [-0.15, -0.1) is 0 Å². The largest absolute Gasteiger partial charge is 0.508 e. The van der Waals surface area contributed by atoms with Gasteiger partial charge in [-0.25, -0.2) is 4.79 Å². The summed E-state index contributed by atoms with van der Waals surface area (Å²) in [6.07, 6.45) is -8.17. The summed E-state index contributed by atoms with van der Waals surface area (Å²) in [6.45, 7) is 3.88. The van der Waals surface area contributed by atoms with Crippen molar-refractivity contribution in [3.8, 4) is 5.75 Å². The lowest BCUT2D eigenvalue weighted by Crippen LogP contribution is -2.63. The quantitative estimate of drug-likeness (QED) is 0.0213. The zero-order valence-electron chi connectivity index (χ0n) is 52.6. The number of amides is 11. The average Bonchev–Trinajstić information content (AvgIpc) is 0.925. The van der Waals surface area contributed by atoms with Gasteiger partial charge >= 0.3 is 35.8 Å². The lowest BCUT2D eigenvalue weighted by atomic mass is 9.97. The van der Waals surface area contributed by atoms with Gasteiger partial charge in [-0.3, -0.25) is 76.7 Å². The number of aliphatic carboxylic acids is 6. The third kappa shape index (κ3) is 31.0. The van der Waals surface area contributed by atoms with Crippen LogP contribution >= 0.6 is 12.6 Å². The second-order valence-corrected chi connectivity index (χ2v) is 22.3. The second-order valence-electron chi connectivity index (χ2n) is 21.9. The van der Waals surface area contributed by atoms with Crippen LogP contribution in [0.25, 0.3) is 0 Å². The number of hydrogen-bond acceptors (Lipinski definition) is 23. The number of carbonyl (C=O) groups excluding carboxylic acids is 11. The highest BCUT2D eigenvalue weighted by atomic mass is 32.1. The van der Waals surface area contributed by atoms with E-state index in [0.29, 0.717) is 5.56 Å². The first kappa shape index (κ1) is 84.2. The molecule has 0 aliphatic carbocycles. The molecule has 536 valence electrons. The van der Waals surface area contributed by atoms with Gasteiger partial charge in [0.25, 0.3) is 0 Å². The summed E-state index contributed by atoms with van der Waals surface area (Å²) in [5, 5.41) is 111. The van der Waals surface area contributed by atoms with Crippen LogP contribution < -0.4 is 70.0 Å². The number of carbonyl (C=O) groups is 17. The first-order valence-electron chi connectivity index (χ1n) is 29.7. The summed E-state index contributed by atoms with van der Waals surface area (Å²) in [6, 6.07) is -16.7. The topological polar surface area (TPSA) is 657 Å². The number of unbranched alkanes of at least 4 members (excludes halogenated alkanes) is 1. The number of nitrogens with one attached hydrogen (secondary N) is 11. The molecule has 96 heavy (non-hydrogen) atoms. The Morgan fingerprint density at radius 1 is 0.448 bits per heavy atom. The molecule has 0 aliphatic heterocycles. The minimum absolute atomic E-state index is 0.0766. The summed E-state index contributed by atoms with van der Waals surface area (Å²) >= 11 is 4.09. The molecule has 14 unspecified atom stereocenters. The molecule has 0 aliphatic rings. The SMILES string of the molecule is CCC(C)C(NC(=O)C(CC(=O)O)NC(=O)C(CO)NC(=O)C(CCCCN)NC(=O)C(CCC(=O)O)NC(=O)C(C)NC(=O)C(N)CC(=O)O)C(=O)NC(CS)C(=O)NC(C(=O)NC(CC(=O)O)C(=O)NC(CCC(=O)O)C(=O)NC(Cc1ccc(O)cc1)C(=O)O)C(C)O. The van der Waals surface area contributed by atoms with Crippen LogP contribution in [0.1, 0.15) is 104 Å². The Labute approximate surface area is 552 Å². The van der Waals surface area contributed by atoms with E-state index in [1.54, 1.807) is 6.92 Å². The maximum Gasteiger partial charge on any atom is 0.326 e. The van der Waals surface area contributed by atoms with Crippen molar-refractivity contribution in [2.45, 2.75) is 183 Å². The molecule has 0 radical (unpaired) electrons. The Balaban J connectivity index is 3.42. The molecule has 14 atom stereocenters. The number of phenolic OH excluding ortho intramolecular Hbond substituents is 1. The highest BCUT2D eigenvalue weighted by molar-refractivity contribution is 7.80. The highest BCUT2D eigenvalue weighted by Gasteiger charge is 2.39. The Kier molecular flexibility index (Phi) is 37.3. The molecule has 0 heterocycles. The maximum atomic E-state index is 14.0. The predicted molar refractivity (Wildman–Crippen MR) is 330 cm³/mol. The van der Waals surface area contributed by atoms with Crippen LogP contribution in [0.5, 0.6) is 5.75 Å². The van der Waals surface area contributed by atoms with Crippen LogP contribution in [0, 0.1) is 5.92 Å². The van der Waals surface area contributed by atoms with Gasteiger partial charge in [-0.05, 0) is 76.1 Å². The van der Waals surface area contributed by atoms with E-state index in [0.717, 1.165) is 13.8 Å². The molecule has 0 aromatic heterocycles. The minimum Gasteiger partial charge on any atom is -0.508 e. The molecule has 11 amide bonds. The number of rotatable bonds is 46. The van der Waals surface area contributed by atoms with Crippen molar-refractivity contribution in [1.82, 2.24) is 58.5 Å². The maximum absolute atomic E-state index is 14.0. The van der Waals surface area contributed by atoms with E-state index >= 15 is 0 Å². The summed E-state index contributed by atoms with van der Waals surface area (Å²) in [5.74, 6) is -24.9. The number of nitrogens with two attached hydrogens (primary N) is 2. The van der Waals surface area contributed by atoms with Crippen LogP contribution in [0.15, 0.2) is 24.3 Å². The Morgan fingerprint density at radius 3 is 1.27 bits per heavy atom. The van der Waals surface area contributed by atoms with Gasteiger partial charge in [-0.2, -0.15) is 12.6 Å². The van der Waals surface area contributed by atoms with Crippen LogP contribution in [0.4, 0.5) is 0 Å². The van der Waals surface area contributed by atoms with Gasteiger partial charge in [0.15, 0.2) is 0 Å². The van der Waals surface area contributed by atoms with E-state index in [1.807, 2.05) is 5.32 Å². The molecule has 39 nitrogen and oxygen atoms in total. The standard InChI is InChI=1S/C56H85N13O26S/c1-5-24(2)43(54(92)67-37(23-96)53(91)69-44(26(4)71)55(93)64-33(20-41(79)80)50(88)62-32(14-16-39(75)76)49(87)65-35(56(94)95)18-27-9-11-28(72)12-10-27)68-51(89)34(21-42(81)82)63-52(90)36(22-70)66-47(85)30(8-6-7-17-57)61-48(86)31(13-15-38(73)74)60-45(83)25(3)59-46(84)29(58)19-40(77)78/h9-12,24-26,29-37,43-44,70-72,96H,5-8,13-23,57-58H2,1-4H3,(H,59,84)(H,60,83)(H,61,86)(H,62,88)(H,63,90)(H,64,93)(H,65,87)(H,66,85)(H,67,92)(H,68,89)(H,69,91)(H,73,74)(H,75,76)(H,77,78)(H,79,80)(H,81,82)(H,94,95). The molecule has 0 spiro atoms. The zero-order chi connectivity index (χ0) is 73.3. The Hall–Kier alpha value is -9.80. The third-order valence-corrected chi connectivity index (χ3v) is 14.5. The summed E-state index contributed by atoms with van der Waals surface area (Å²) in [5.41, 5.74) is 11.5. The fourth-order valence-corrected chi connectivity index (χ4v) is 8.78. The van der Waals surface area contributed by atoms with Crippen molar-refractivity contribution in [3.05, 3.63) is 29.8 Å². The highest BCUT2D eigenvalue weighted by Crippen LogP contribution is 2.14. The first-order chi connectivity index (χ1) is 44.9. The van der Waals surface area contributed by atoms with Crippen LogP contribution in [-0.2, 0) is 87.9 Å². The molecule has 0 fully saturated rings. The number of aliphatic hydroxyl groups is 2. The molecule has 0 saturated heterocycles. The van der Waals surface area contributed by atoms with Crippen molar-refractivity contribution in [3.63, 3.8) is 0 Å². The van der Waals surface area contributed by atoms with Crippen LogP contribution in [0.2, 0.25) is 0 Å². The number of aromatic hydroxyl groups is 1. The Bertz CT molecular complexity index is 2940. The lowest BCUT2D eigenvalue weighted by Gasteiger charge is -2.29. The second kappa shape index (κ2) is 42.5. The molecule has 24 N–H and O–H groups in total. The average molecular weight is 1390 g/mol. The number of aliphatic hydroxyl groups excluding tert-OH is 2. The normalized spacial score (nSPS) is 15.3. The fourth-order valence-electron chi connectivity index (χ4n) is 8.52. The zero-order valence-corrected chi connectivity index (χ0v) is 53.5. The number of carboxylic acids is 6. The molecule has 0 saturated carbocycles. The number of hydrogen-bond donors (Lipinski definition) is 23. The van der Waals surface area contributed by atoms with Crippen LogP contribution in [0.3, 0.4) is 0 Å². The Morgan fingerprint density at radius 2 is 0.833 bits per heavy atom. The van der Waals surface area contributed by atoms with Gasteiger partial charge in [0, 0.05) is 25.0 Å². The van der Waals surface area contributed by atoms with E-state index in [1.165, 1.54) is 31.2 Å². The molecule has 1 aromatic rings. The van der Waals surface area contributed by atoms with E-state index in [2.05, 4.69) is 65.8 Å². The monoisotopic (exact) mass is 1390 g/mol. The van der Waals surface area contributed by atoms with E-state index in [4.69, 9.17) is 16.6 Å². The number of phenols is 1. The first-order valence-corrected chi connectivity index (χ1v) is 30.3. The van der Waals surface area contributed by atoms with Crippen molar-refractivity contribution in [2.24, 2.45) is 17.4 Å². The predicted octanol–water partition coefficient (Wildman–Crippen LogP) is -7.67. The van der Waals surface area contributed by atoms with Crippen molar-refractivity contribution in [2.75, 3.05) is 18.9 Å².